The summed E-state index contributed by atoms with van der Waals surface area (Å²) in [5.74, 6) is -0.516. The highest BCUT2D eigenvalue weighted by Gasteiger charge is 2.45. The van der Waals surface area contributed by atoms with Gasteiger partial charge < -0.3 is 14.7 Å². The fourth-order valence-electron chi connectivity index (χ4n) is 3.37. The molecule has 0 saturated heterocycles. The molecule has 130 valence electrons. The molecule has 0 fully saturated rings. The number of nitrogens with zero attached hydrogens (tertiary/aromatic N) is 1. The molecule has 0 aliphatic carbocycles. The van der Waals surface area contributed by atoms with Gasteiger partial charge >= 0.3 is 5.97 Å². The van der Waals surface area contributed by atoms with E-state index in [2.05, 4.69) is 0 Å². The second-order valence-electron chi connectivity index (χ2n) is 6.39. The number of halogens is 1. The Bertz CT molecular complexity index is 834. The summed E-state index contributed by atoms with van der Waals surface area (Å²) in [7, 11) is 1.57. The van der Waals surface area contributed by atoms with E-state index in [0.29, 0.717) is 28.4 Å². The molecule has 5 nitrogen and oxygen atoms in total. The molecule has 1 unspecified atom stereocenters. The number of carboxylic acid groups (broad SMARTS) is 1. The number of hydrogen-bond donors (Lipinski definition) is 1. The number of carbonyl (C=O) groups excluding carboxylic acids is 1. The maximum atomic E-state index is 13.1. The Kier molecular flexibility index (Phi) is 4.43. The summed E-state index contributed by atoms with van der Waals surface area (Å²) in [5.41, 5.74) is 1.22. The molecule has 0 saturated carbocycles. The summed E-state index contributed by atoms with van der Waals surface area (Å²) >= 11 is 5.90. The molecule has 3 rings (SSSR count). The van der Waals surface area contributed by atoms with Crippen LogP contribution in [0.15, 0.2) is 42.5 Å². The number of carboxylic acids is 1. The van der Waals surface area contributed by atoms with Crippen LogP contribution < -0.4 is 9.64 Å². The first-order valence-electron chi connectivity index (χ1n) is 7.83. The van der Waals surface area contributed by atoms with Crippen LogP contribution in [0, 0.1) is 0 Å². The molecule has 25 heavy (non-hydrogen) atoms. The van der Waals surface area contributed by atoms with E-state index in [1.54, 1.807) is 55.3 Å². The van der Waals surface area contributed by atoms with Crippen LogP contribution in [0.4, 0.5) is 5.69 Å². The average molecular weight is 360 g/mol. The van der Waals surface area contributed by atoms with Gasteiger partial charge in [0.25, 0.3) is 5.91 Å². The quantitative estimate of drug-likeness (QED) is 0.902. The van der Waals surface area contributed by atoms with Crippen LogP contribution in [-0.4, -0.2) is 29.6 Å². The zero-order valence-corrected chi connectivity index (χ0v) is 14.7. The summed E-state index contributed by atoms with van der Waals surface area (Å²) in [4.78, 5) is 26.1. The third-order valence-corrected chi connectivity index (χ3v) is 4.72. The molecule has 1 amide bonds. The molecule has 1 N–H and O–H groups in total. The number of amides is 1. The number of hydrogen-bond acceptors (Lipinski definition) is 3. The number of methoxy groups -OCH3 is 1. The molecule has 1 heterocycles. The van der Waals surface area contributed by atoms with Gasteiger partial charge in [-0.1, -0.05) is 11.6 Å². The molecule has 0 spiro atoms. The Balaban J connectivity index is 2.07. The molecule has 0 aromatic heterocycles. The lowest BCUT2D eigenvalue weighted by atomic mass is 9.92. The molecular formula is C19H18ClNO4. The predicted octanol–water partition coefficient (Wildman–Crippen LogP) is 3.78. The fourth-order valence-corrected chi connectivity index (χ4v) is 3.50. The van der Waals surface area contributed by atoms with Crippen molar-refractivity contribution >= 4 is 29.2 Å². The minimum atomic E-state index is -0.948. The van der Waals surface area contributed by atoms with E-state index in [-0.39, 0.29) is 12.3 Å². The molecular weight excluding hydrogens is 342 g/mol. The Morgan fingerprint density at radius 3 is 2.52 bits per heavy atom. The number of carbonyl (C=O) groups is 2. The number of aliphatic carboxylic acids is 1. The summed E-state index contributed by atoms with van der Waals surface area (Å²) in [6.07, 6.45) is 0.300. The highest BCUT2D eigenvalue weighted by atomic mass is 35.5. The second kappa shape index (κ2) is 6.41. The normalized spacial score (nSPS) is 18.8. The molecule has 1 atom stereocenters. The van der Waals surface area contributed by atoms with Crippen molar-refractivity contribution in [2.75, 3.05) is 12.0 Å². The number of ether oxygens (including phenoxy) is 1. The van der Waals surface area contributed by atoms with E-state index in [0.717, 1.165) is 5.56 Å². The zero-order chi connectivity index (χ0) is 18.2. The van der Waals surface area contributed by atoms with Crippen LogP contribution in [0.1, 0.15) is 29.3 Å². The Morgan fingerprint density at radius 1 is 1.24 bits per heavy atom. The lowest BCUT2D eigenvalue weighted by Crippen LogP contribution is -2.49. The topological polar surface area (TPSA) is 66.8 Å². The van der Waals surface area contributed by atoms with Crippen LogP contribution in [0.25, 0.3) is 0 Å². The highest BCUT2D eigenvalue weighted by Crippen LogP contribution is 2.43. The highest BCUT2D eigenvalue weighted by molar-refractivity contribution is 6.30. The molecule has 1 aliphatic rings. The molecule has 0 radical (unpaired) electrons. The smallest absolute Gasteiger partial charge is 0.305 e. The fraction of sp³-hybridized carbons (Fsp3) is 0.263. The number of fused-ring (bicyclic) bond motifs is 1. The Morgan fingerprint density at radius 2 is 1.92 bits per heavy atom. The van der Waals surface area contributed by atoms with Crippen LogP contribution in [-0.2, 0) is 11.2 Å². The van der Waals surface area contributed by atoms with Crippen LogP contribution in [0.2, 0.25) is 5.02 Å². The van der Waals surface area contributed by atoms with E-state index in [1.165, 1.54) is 0 Å². The molecule has 1 aliphatic heterocycles. The first-order valence-corrected chi connectivity index (χ1v) is 8.21. The van der Waals surface area contributed by atoms with Crippen molar-refractivity contribution in [3.05, 3.63) is 58.6 Å². The predicted molar refractivity (Wildman–Crippen MR) is 95.6 cm³/mol. The largest absolute Gasteiger partial charge is 0.497 e. The third kappa shape index (κ3) is 3.20. The summed E-state index contributed by atoms with van der Waals surface area (Å²) in [6.45, 7) is 1.79. The maximum Gasteiger partial charge on any atom is 0.305 e. The van der Waals surface area contributed by atoms with Gasteiger partial charge in [-0.2, -0.15) is 0 Å². The van der Waals surface area contributed by atoms with Gasteiger partial charge in [0.1, 0.15) is 5.75 Å². The van der Waals surface area contributed by atoms with Crippen molar-refractivity contribution in [3.63, 3.8) is 0 Å². The van der Waals surface area contributed by atoms with Gasteiger partial charge in [0.2, 0.25) is 0 Å². The molecule has 2 aromatic rings. The van der Waals surface area contributed by atoms with Crippen molar-refractivity contribution in [2.45, 2.75) is 25.3 Å². The van der Waals surface area contributed by atoms with E-state index in [1.807, 2.05) is 6.07 Å². The van der Waals surface area contributed by atoms with E-state index < -0.39 is 11.5 Å². The van der Waals surface area contributed by atoms with Gasteiger partial charge in [0.15, 0.2) is 0 Å². The standard InChI is InChI=1S/C19H18ClNO4/c1-19(11-17(22)23)10-13-9-15(25-2)7-8-16(13)21(19)18(24)12-3-5-14(20)6-4-12/h3-9H,10-11H2,1-2H3,(H,22,23). The van der Waals surface area contributed by atoms with Crippen molar-refractivity contribution in [2.24, 2.45) is 0 Å². The molecule has 2 aromatic carbocycles. The Labute approximate surface area is 150 Å². The Hall–Kier alpha value is -2.53. The van der Waals surface area contributed by atoms with Gasteiger partial charge in [0, 0.05) is 16.3 Å². The summed E-state index contributed by atoms with van der Waals surface area (Å²) < 4.78 is 5.25. The van der Waals surface area contributed by atoms with Crippen molar-refractivity contribution < 1.29 is 19.4 Å². The van der Waals surface area contributed by atoms with Crippen molar-refractivity contribution in [3.8, 4) is 5.75 Å². The SMILES string of the molecule is COc1ccc2c(c1)CC(C)(CC(=O)O)N2C(=O)c1ccc(Cl)cc1. The first kappa shape index (κ1) is 17.3. The van der Waals surface area contributed by atoms with Crippen LogP contribution in [0.3, 0.4) is 0 Å². The van der Waals surface area contributed by atoms with Crippen LogP contribution in [0.5, 0.6) is 5.75 Å². The average Bonchev–Trinajstić information content (AvgIpc) is 2.84. The monoisotopic (exact) mass is 359 g/mol. The molecule has 0 bridgehead atoms. The summed E-state index contributed by atoms with van der Waals surface area (Å²) in [6, 6.07) is 12.0. The summed E-state index contributed by atoms with van der Waals surface area (Å²) in [5, 5.41) is 9.88. The number of benzene rings is 2. The molecule has 6 heteroatoms. The van der Waals surface area contributed by atoms with Gasteiger partial charge in [-0.3, -0.25) is 9.59 Å². The third-order valence-electron chi connectivity index (χ3n) is 4.47. The van der Waals surface area contributed by atoms with E-state index in [9.17, 15) is 14.7 Å². The lowest BCUT2D eigenvalue weighted by molar-refractivity contribution is -0.138. The van der Waals surface area contributed by atoms with Crippen molar-refractivity contribution in [1.82, 2.24) is 0 Å². The zero-order valence-electron chi connectivity index (χ0n) is 14.0. The van der Waals surface area contributed by atoms with Gasteiger partial charge in [-0.25, -0.2) is 0 Å². The second-order valence-corrected chi connectivity index (χ2v) is 6.82. The maximum absolute atomic E-state index is 13.1. The lowest BCUT2D eigenvalue weighted by Gasteiger charge is -2.34. The van der Waals surface area contributed by atoms with Crippen LogP contribution >= 0.6 is 11.6 Å². The van der Waals surface area contributed by atoms with E-state index >= 15 is 0 Å². The number of anilines is 1. The first-order chi connectivity index (χ1) is 11.8. The number of rotatable bonds is 4. The van der Waals surface area contributed by atoms with E-state index in [4.69, 9.17) is 16.3 Å². The minimum absolute atomic E-state index is 0.149. The van der Waals surface area contributed by atoms with Gasteiger partial charge in [-0.15, -0.1) is 0 Å². The van der Waals surface area contributed by atoms with Gasteiger partial charge in [-0.05, 0) is 61.4 Å². The minimum Gasteiger partial charge on any atom is -0.497 e. The van der Waals surface area contributed by atoms with Crippen molar-refractivity contribution in [1.29, 1.82) is 0 Å². The van der Waals surface area contributed by atoms with Gasteiger partial charge in [0.05, 0.1) is 19.1 Å².